The van der Waals surface area contributed by atoms with Crippen LogP contribution in [0.4, 0.5) is 10.6 Å². The number of ether oxygens (including phenoxy) is 1. The molecule has 5 nitrogen and oxygen atoms in total. The Bertz CT molecular complexity index is 466. The third-order valence-electron chi connectivity index (χ3n) is 2.76. The van der Waals surface area contributed by atoms with Crippen molar-refractivity contribution in [2.75, 3.05) is 11.9 Å². The number of hydrogen-bond donors (Lipinski definition) is 2. The molecule has 2 N–H and O–H groups in total. The zero-order valence-electron chi connectivity index (χ0n) is 11.7. The first-order chi connectivity index (χ1) is 8.94. The van der Waals surface area contributed by atoms with E-state index in [1.54, 1.807) is 0 Å². The van der Waals surface area contributed by atoms with Crippen LogP contribution in [0, 0.1) is 0 Å². The fourth-order valence-corrected chi connectivity index (χ4v) is 1.94. The molecule has 0 bridgehead atoms. The summed E-state index contributed by atoms with van der Waals surface area (Å²) < 4.78 is 5.18. The van der Waals surface area contributed by atoms with Gasteiger partial charge in [0.2, 0.25) is 0 Å². The van der Waals surface area contributed by atoms with E-state index in [-0.39, 0.29) is 0 Å². The number of fused-ring (bicyclic) bond motifs is 1. The number of rotatable bonds is 2. The number of pyridine rings is 1. The molecule has 0 aliphatic carbocycles. The SMILES string of the molecule is CC(C)(C)OC(=O)NCc1ccc2c(n1)NCCC2. The van der Waals surface area contributed by atoms with E-state index in [0.29, 0.717) is 6.54 Å². The van der Waals surface area contributed by atoms with Crippen LogP contribution in [0.5, 0.6) is 0 Å². The number of nitrogens with zero attached hydrogens (tertiary/aromatic N) is 1. The predicted octanol–water partition coefficient (Wildman–Crippen LogP) is 2.46. The van der Waals surface area contributed by atoms with E-state index < -0.39 is 11.7 Å². The van der Waals surface area contributed by atoms with Crippen molar-refractivity contribution in [3.63, 3.8) is 0 Å². The van der Waals surface area contributed by atoms with Gasteiger partial charge in [-0.05, 0) is 45.2 Å². The van der Waals surface area contributed by atoms with E-state index in [1.807, 2.05) is 26.8 Å². The Morgan fingerprint density at radius 1 is 1.47 bits per heavy atom. The quantitative estimate of drug-likeness (QED) is 0.860. The van der Waals surface area contributed by atoms with Crippen LogP contribution in [-0.4, -0.2) is 23.2 Å². The summed E-state index contributed by atoms with van der Waals surface area (Å²) in [5, 5.41) is 5.98. The van der Waals surface area contributed by atoms with Crippen LogP contribution in [0.1, 0.15) is 38.4 Å². The van der Waals surface area contributed by atoms with Gasteiger partial charge in [0.15, 0.2) is 0 Å². The van der Waals surface area contributed by atoms with Gasteiger partial charge in [0.05, 0.1) is 12.2 Å². The highest BCUT2D eigenvalue weighted by Gasteiger charge is 2.16. The van der Waals surface area contributed by atoms with E-state index in [0.717, 1.165) is 30.9 Å². The third kappa shape index (κ3) is 4.12. The summed E-state index contributed by atoms with van der Waals surface area (Å²) in [6.45, 7) is 6.86. The lowest BCUT2D eigenvalue weighted by atomic mass is 10.1. The minimum absolute atomic E-state index is 0.379. The molecule has 0 fully saturated rings. The summed E-state index contributed by atoms with van der Waals surface area (Å²) in [5.74, 6) is 0.940. The standard InChI is InChI=1S/C14H21N3O2/c1-14(2,3)19-13(18)16-9-11-7-6-10-5-4-8-15-12(10)17-11/h6-7H,4-5,8-9H2,1-3H3,(H,15,17)(H,16,18). The highest BCUT2D eigenvalue weighted by molar-refractivity contribution is 5.67. The first-order valence-corrected chi connectivity index (χ1v) is 6.63. The molecule has 0 saturated carbocycles. The molecule has 0 aromatic carbocycles. The molecule has 1 aromatic rings. The Balaban J connectivity index is 1.91. The Kier molecular flexibility index (Phi) is 3.93. The second kappa shape index (κ2) is 5.47. The molecule has 1 aromatic heterocycles. The smallest absolute Gasteiger partial charge is 0.407 e. The van der Waals surface area contributed by atoms with E-state index in [9.17, 15) is 4.79 Å². The lowest BCUT2D eigenvalue weighted by Gasteiger charge is -2.20. The molecule has 2 rings (SSSR count). The van der Waals surface area contributed by atoms with Crippen molar-refractivity contribution in [2.24, 2.45) is 0 Å². The van der Waals surface area contributed by atoms with Crippen molar-refractivity contribution in [1.29, 1.82) is 0 Å². The van der Waals surface area contributed by atoms with E-state index >= 15 is 0 Å². The number of anilines is 1. The van der Waals surface area contributed by atoms with Crippen LogP contribution in [-0.2, 0) is 17.7 Å². The van der Waals surface area contributed by atoms with Crippen molar-refractivity contribution < 1.29 is 9.53 Å². The third-order valence-corrected chi connectivity index (χ3v) is 2.76. The number of aryl methyl sites for hydroxylation is 1. The van der Waals surface area contributed by atoms with Crippen molar-refractivity contribution in [1.82, 2.24) is 10.3 Å². The molecule has 0 saturated heterocycles. The monoisotopic (exact) mass is 263 g/mol. The van der Waals surface area contributed by atoms with E-state index in [1.165, 1.54) is 5.56 Å². The van der Waals surface area contributed by atoms with Crippen molar-refractivity contribution in [3.05, 3.63) is 23.4 Å². The summed E-state index contributed by atoms with van der Waals surface area (Å²) in [6, 6.07) is 4.02. The second-order valence-electron chi connectivity index (χ2n) is 5.70. The molecule has 104 valence electrons. The highest BCUT2D eigenvalue weighted by Crippen LogP contribution is 2.19. The van der Waals surface area contributed by atoms with Crippen LogP contribution in [0.25, 0.3) is 0 Å². The number of nitrogens with one attached hydrogen (secondary N) is 2. The summed E-state index contributed by atoms with van der Waals surface area (Å²) in [7, 11) is 0. The minimum atomic E-state index is -0.477. The normalized spacial score (nSPS) is 14.3. The van der Waals surface area contributed by atoms with Gasteiger partial charge in [0.1, 0.15) is 11.4 Å². The van der Waals surface area contributed by atoms with Gasteiger partial charge in [-0.25, -0.2) is 9.78 Å². The number of hydrogen-bond acceptors (Lipinski definition) is 4. The van der Waals surface area contributed by atoms with E-state index in [4.69, 9.17) is 4.74 Å². The fraction of sp³-hybridized carbons (Fsp3) is 0.571. The van der Waals surface area contributed by atoms with Crippen molar-refractivity contribution in [2.45, 2.75) is 45.8 Å². The lowest BCUT2D eigenvalue weighted by Crippen LogP contribution is -2.32. The van der Waals surface area contributed by atoms with Crippen LogP contribution in [0.2, 0.25) is 0 Å². The number of carbonyl (C=O) groups excluding carboxylic acids is 1. The molecule has 1 aliphatic heterocycles. The van der Waals surface area contributed by atoms with Gasteiger partial charge in [0, 0.05) is 6.54 Å². The van der Waals surface area contributed by atoms with Crippen LogP contribution < -0.4 is 10.6 Å². The van der Waals surface area contributed by atoms with Gasteiger partial charge in [-0.15, -0.1) is 0 Å². The molecule has 0 atom stereocenters. The number of aromatic nitrogens is 1. The van der Waals surface area contributed by atoms with Crippen LogP contribution in [0.3, 0.4) is 0 Å². The maximum Gasteiger partial charge on any atom is 0.407 e. The molecular formula is C14H21N3O2. The van der Waals surface area contributed by atoms with Crippen molar-refractivity contribution >= 4 is 11.9 Å². The topological polar surface area (TPSA) is 63.2 Å². The minimum Gasteiger partial charge on any atom is -0.444 e. The molecule has 19 heavy (non-hydrogen) atoms. The van der Waals surface area contributed by atoms with Gasteiger partial charge in [-0.1, -0.05) is 6.07 Å². The van der Waals surface area contributed by atoms with Gasteiger partial charge in [-0.2, -0.15) is 0 Å². The molecule has 1 amide bonds. The van der Waals surface area contributed by atoms with Crippen LogP contribution >= 0.6 is 0 Å². The highest BCUT2D eigenvalue weighted by atomic mass is 16.6. The second-order valence-corrected chi connectivity index (χ2v) is 5.70. The predicted molar refractivity (Wildman–Crippen MR) is 74.1 cm³/mol. The average molecular weight is 263 g/mol. The lowest BCUT2D eigenvalue weighted by molar-refractivity contribution is 0.0523. The fourth-order valence-electron chi connectivity index (χ4n) is 1.94. The van der Waals surface area contributed by atoms with Gasteiger partial charge in [-0.3, -0.25) is 0 Å². The largest absolute Gasteiger partial charge is 0.444 e. The molecule has 0 radical (unpaired) electrons. The summed E-state index contributed by atoms with van der Waals surface area (Å²) in [5.41, 5.74) is 1.60. The van der Waals surface area contributed by atoms with Gasteiger partial charge >= 0.3 is 6.09 Å². The molecular weight excluding hydrogens is 242 g/mol. The summed E-state index contributed by atoms with van der Waals surface area (Å²) in [4.78, 5) is 16.0. The molecule has 5 heteroatoms. The zero-order chi connectivity index (χ0) is 13.9. The Morgan fingerprint density at radius 2 is 2.26 bits per heavy atom. The first-order valence-electron chi connectivity index (χ1n) is 6.63. The maximum absolute atomic E-state index is 11.5. The van der Waals surface area contributed by atoms with Crippen molar-refractivity contribution in [3.8, 4) is 0 Å². The number of carbonyl (C=O) groups is 1. The zero-order valence-corrected chi connectivity index (χ0v) is 11.7. The Labute approximate surface area is 113 Å². The maximum atomic E-state index is 11.5. The Hall–Kier alpha value is -1.78. The molecule has 1 aliphatic rings. The van der Waals surface area contributed by atoms with Gasteiger partial charge < -0.3 is 15.4 Å². The summed E-state index contributed by atoms with van der Waals surface area (Å²) >= 11 is 0. The number of alkyl carbamates (subject to hydrolysis) is 1. The molecule has 2 heterocycles. The first kappa shape index (κ1) is 13.6. The molecule has 0 spiro atoms. The summed E-state index contributed by atoms with van der Waals surface area (Å²) in [6.07, 6.45) is 1.79. The number of amides is 1. The Morgan fingerprint density at radius 3 is 3.00 bits per heavy atom. The molecule has 0 unspecified atom stereocenters. The van der Waals surface area contributed by atoms with Gasteiger partial charge in [0.25, 0.3) is 0 Å². The van der Waals surface area contributed by atoms with E-state index in [2.05, 4.69) is 21.7 Å². The average Bonchev–Trinajstić information content (AvgIpc) is 2.34. The van der Waals surface area contributed by atoms with Crippen LogP contribution in [0.15, 0.2) is 12.1 Å².